The Morgan fingerprint density at radius 3 is 2.96 bits per heavy atom. The van der Waals surface area contributed by atoms with Crippen LogP contribution in [-0.4, -0.2) is 41.6 Å². The monoisotopic (exact) mass is 385 g/mol. The predicted octanol–water partition coefficient (Wildman–Crippen LogP) is 3.86. The van der Waals surface area contributed by atoms with Crippen molar-refractivity contribution in [2.24, 2.45) is 0 Å². The molecule has 0 radical (unpaired) electrons. The summed E-state index contributed by atoms with van der Waals surface area (Å²) in [7, 11) is 0. The Morgan fingerprint density at radius 1 is 1.36 bits per heavy atom. The summed E-state index contributed by atoms with van der Waals surface area (Å²) < 4.78 is 11.0. The van der Waals surface area contributed by atoms with Crippen LogP contribution in [-0.2, 0) is 6.61 Å². The van der Waals surface area contributed by atoms with Crippen LogP contribution in [0.15, 0.2) is 28.8 Å². The van der Waals surface area contributed by atoms with Crippen molar-refractivity contribution in [3.8, 4) is 5.75 Å². The number of nitrogens with zero attached hydrogens (tertiary/aromatic N) is 2. The van der Waals surface area contributed by atoms with E-state index in [4.69, 9.17) is 9.26 Å². The number of hydrogen-bond acceptors (Lipinski definition) is 5. The van der Waals surface area contributed by atoms with Crippen molar-refractivity contribution < 1.29 is 14.1 Å². The number of aromatic nitrogens is 1. The number of benzene rings is 1. The molecule has 0 saturated carbocycles. The topological polar surface area (TPSA) is 67.6 Å². The minimum atomic E-state index is -0.0607. The van der Waals surface area contributed by atoms with Gasteiger partial charge < -0.3 is 19.5 Å². The summed E-state index contributed by atoms with van der Waals surface area (Å²) in [5.74, 6) is 1.36. The zero-order valence-electron chi connectivity index (χ0n) is 17.2. The number of piperidine rings is 1. The number of carbonyl (C=O) groups excluding carboxylic acids is 1. The number of rotatable bonds is 8. The van der Waals surface area contributed by atoms with E-state index < -0.39 is 0 Å². The van der Waals surface area contributed by atoms with Crippen LogP contribution in [0.4, 0.5) is 0 Å². The highest BCUT2D eigenvalue weighted by molar-refractivity contribution is 5.94. The van der Waals surface area contributed by atoms with Gasteiger partial charge in [-0.15, -0.1) is 0 Å². The van der Waals surface area contributed by atoms with Crippen LogP contribution >= 0.6 is 0 Å². The lowest BCUT2D eigenvalue weighted by Crippen LogP contribution is -2.39. The summed E-state index contributed by atoms with van der Waals surface area (Å²) in [5.41, 5.74) is 2.39. The lowest BCUT2D eigenvalue weighted by molar-refractivity contribution is 0.0948. The summed E-state index contributed by atoms with van der Waals surface area (Å²) in [4.78, 5) is 15.0. The zero-order chi connectivity index (χ0) is 19.9. The Balaban J connectivity index is 1.45. The lowest BCUT2D eigenvalue weighted by Gasteiger charge is -2.33. The van der Waals surface area contributed by atoms with Crippen LogP contribution in [0.5, 0.6) is 5.75 Å². The highest BCUT2D eigenvalue weighted by Crippen LogP contribution is 2.19. The zero-order valence-corrected chi connectivity index (χ0v) is 17.2. The van der Waals surface area contributed by atoms with Gasteiger partial charge in [0.2, 0.25) is 0 Å². The molecule has 1 aromatic heterocycles. The third-order valence-corrected chi connectivity index (χ3v) is 5.51. The number of ether oxygens (including phenoxy) is 1. The van der Waals surface area contributed by atoms with Crippen LogP contribution in [0.1, 0.15) is 60.0 Å². The van der Waals surface area contributed by atoms with Gasteiger partial charge in [-0.05, 0) is 64.8 Å². The van der Waals surface area contributed by atoms with E-state index in [2.05, 4.69) is 22.3 Å². The van der Waals surface area contributed by atoms with Gasteiger partial charge in [0.25, 0.3) is 5.91 Å². The van der Waals surface area contributed by atoms with Gasteiger partial charge in [0.15, 0.2) is 0 Å². The highest BCUT2D eigenvalue weighted by atomic mass is 16.5. The lowest BCUT2D eigenvalue weighted by atomic mass is 10.0. The minimum Gasteiger partial charge on any atom is -0.489 e. The van der Waals surface area contributed by atoms with E-state index in [1.807, 2.05) is 32.0 Å². The smallest absolute Gasteiger partial charge is 0.251 e. The number of likely N-dealkylation sites (tertiary alicyclic amines) is 1. The maximum absolute atomic E-state index is 12.4. The van der Waals surface area contributed by atoms with E-state index in [0.717, 1.165) is 30.0 Å². The van der Waals surface area contributed by atoms with E-state index in [9.17, 15) is 4.79 Å². The Morgan fingerprint density at radius 2 is 2.21 bits per heavy atom. The molecular weight excluding hydrogens is 354 g/mol. The van der Waals surface area contributed by atoms with Gasteiger partial charge in [-0.1, -0.05) is 17.6 Å². The second-order valence-electron chi connectivity index (χ2n) is 7.61. The van der Waals surface area contributed by atoms with Gasteiger partial charge in [-0.3, -0.25) is 4.79 Å². The van der Waals surface area contributed by atoms with Gasteiger partial charge in [0.05, 0.1) is 11.3 Å². The highest BCUT2D eigenvalue weighted by Gasteiger charge is 2.17. The van der Waals surface area contributed by atoms with Gasteiger partial charge >= 0.3 is 0 Å². The fourth-order valence-corrected chi connectivity index (χ4v) is 3.67. The Bertz CT molecular complexity index is 768. The first-order chi connectivity index (χ1) is 13.5. The molecule has 28 heavy (non-hydrogen) atoms. The van der Waals surface area contributed by atoms with Crippen LogP contribution in [0.2, 0.25) is 0 Å². The Hall–Kier alpha value is -2.34. The van der Waals surface area contributed by atoms with E-state index >= 15 is 0 Å². The van der Waals surface area contributed by atoms with Gasteiger partial charge in [0.1, 0.15) is 18.1 Å². The van der Waals surface area contributed by atoms with Crippen molar-refractivity contribution in [1.29, 1.82) is 0 Å². The first-order valence-corrected chi connectivity index (χ1v) is 10.2. The maximum Gasteiger partial charge on any atom is 0.251 e. The summed E-state index contributed by atoms with van der Waals surface area (Å²) in [6, 6.07) is 7.95. The molecule has 1 N–H and O–H groups in total. The molecule has 2 heterocycles. The standard InChI is InChI=1S/C22H31N3O3/c1-16-8-4-5-12-25(16)13-7-11-23-22(26)19-9-6-10-20(14-19)27-15-21-17(2)24-28-18(21)3/h6,9-10,14,16H,4-5,7-8,11-13,15H2,1-3H3,(H,23,26). The van der Waals surface area contributed by atoms with Crippen molar-refractivity contribution in [2.75, 3.05) is 19.6 Å². The van der Waals surface area contributed by atoms with Crippen molar-refractivity contribution >= 4 is 5.91 Å². The summed E-state index contributed by atoms with van der Waals surface area (Å²) in [6.07, 6.45) is 4.88. The molecule has 1 fully saturated rings. The molecule has 0 bridgehead atoms. The first-order valence-electron chi connectivity index (χ1n) is 10.2. The third-order valence-electron chi connectivity index (χ3n) is 5.51. The molecular formula is C22H31N3O3. The number of hydrogen-bond donors (Lipinski definition) is 1. The molecule has 6 heteroatoms. The molecule has 1 unspecified atom stereocenters. The van der Waals surface area contributed by atoms with Gasteiger partial charge in [-0.25, -0.2) is 0 Å². The second kappa shape index (κ2) is 9.73. The van der Waals surface area contributed by atoms with E-state index in [0.29, 0.717) is 30.5 Å². The fourth-order valence-electron chi connectivity index (χ4n) is 3.67. The van der Waals surface area contributed by atoms with Crippen LogP contribution in [0.3, 0.4) is 0 Å². The first kappa shape index (κ1) is 20.4. The third kappa shape index (κ3) is 5.35. The Kier molecular flexibility index (Phi) is 7.09. The number of amides is 1. The number of carbonyl (C=O) groups is 1. The van der Waals surface area contributed by atoms with Crippen molar-refractivity contribution in [3.05, 3.63) is 46.8 Å². The molecule has 1 atom stereocenters. The van der Waals surface area contributed by atoms with Crippen LogP contribution in [0.25, 0.3) is 0 Å². The van der Waals surface area contributed by atoms with Gasteiger partial charge in [0, 0.05) is 24.7 Å². The van der Waals surface area contributed by atoms with Crippen LogP contribution in [0, 0.1) is 13.8 Å². The molecule has 3 rings (SSSR count). The summed E-state index contributed by atoms with van der Waals surface area (Å²) >= 11 is 0. The summed E-state index contributed by atoms with van der Waals surface area (Å²) in [5, 5.41) is 6.95. The Labute approximate surface area is 167 Å². The molecule has 1 aliphatic rings. The van der Waals surface area contributed by atoms with E-state index in [1.165, 1.54) is 25.8 Å². The number of nitrogens with one attached hydrogen (secondary N) is 1. The maximum atomic E-state index is 12.4. The fraction of sp³-hybridized carbons (Fsp3) is 0.545. The van der Waals surface area contributed by atoms with Gasteiger partial charge in [-0.2, -0.15) is 0 Å². The molecule has 1 aliphatic heterocycles. The average Bonchev–Trinajstić information content (AvgIpc) is 3.02. The SMILES string of the molecule is Cc1noc(C)c1COc1cccc(C(=O)NCCCN2CCCCC2C)c1. The molecule has 6 nitrogen and oxygen atoms in total. The quantitative estimate of drug-likeness (QED) is 0.699. The van der Waals surface area contributed by atoms with E-state index in [-0.39, 0.29) is 5.91 Å². The molecule has 1 amide bonds. The molecule has 2 aromatic rings. The molecule has 0 aliphatic carbocycles. The minimum absolute atomic E-state index is 0.0607. The molecule has 152 valence electrons. The normalized spacial score (nSPS) is 17.5. The van der Waals surface area contributed by atoms with Crippen molar-refractivity contribution in [3.63, 3.8) is 0 Å². The second-order valence-corrected chi connectivity index (χ2v) is 7.61. The number of aryl methyl sites for hydroxylation is 2. The largest absolute Gasteiger partial charge is 0.489 e. The molecule has 1 aromatic carbocycles. The van der Waals surface area contributed by atoms with Crippen molar-refractivity contribution in [1.82, 2.24) is 15.4 Å². The van der Waals surface area contributed by atoms with Crippen molar-refractivity contribution in [2.45, 2.75) is 59.1 Å². The average molecular weight is 386 g/mol. The molecule has 0 spiro atoms. The summed E-state index contributed by atoms with van der Waals surface area (Å²) in [6.45, 7) is 9.34. The van der Waals surface area contributed by atoms with E-state index in [1.54, 1.807) is 6.07 Å². The predicted molar refractivity (Wildman–Crippen MR) is 109 cm³/mol. The molecule has 1 saturated heterocycles. The van der Waals surface area contributed by atoms with Crippen LogP contribution < -0.4 is 10.1 Å².